The van der Waals surface area contributed by atoms with Crippen LogP contribution in [0.25, 0.3) is 0 Å². The van der Waals surface area contributed by atoms with E-state index in [1.54, 1.807) is 6.20 Å². The number of aryl methyl sites for hydroxylation is 1. The molecule has 1 aromatic rings. The minimum atomic E-state index is -0.0926. The molecule has 1 aromatic heterocycles. The second kappa shape index (κ2) is 4.04. The van der Waals surface area contributed by atoms with Gasteiger partial charge in [0.05, 0.1) is 23.4 Å². The minimum absolute atomic E-state index is 0.0282. The number of hydrogen-bond donors (Lipinski definition) is 2. The van der Waals surface area contributed by atoms with Gasteiger partial charge in [-0.2, -0.15) is 0 Å². The molecule has 6 heteroatoms. The van der Waals surface area contributed by atoms with Gasteiger partial charge in [-0.1, -0.05) is 0 Å². The SMILES string of the molecule is Cc1ncc(C(=O)NC2C(N)C3CCOC32)s1. The molecular formula is C11H15N3O2S. The maximum atomic E-state index is 11.9. The van der Waals surface area contributed by atoms with Crippen molar-refractivity contribution < 1.29 is 9.53 Å². The summed E-state index contributed by atoms with van der Waals surface area (Å²) >= 11 is 1.39. The third-order valence-corrected chi connectivity index (χ3v) is 4.50. The molecule has 2 fully saturated rings. The highest BCUT2D eigenvalue weighted by Crippen LogP contribution is 2.37. The fraction of sp³-hybridized carbons (Fsp3) is 0.636. The van der Waals surface area contributed by atoms with Gasteiger partial charge in [0.2, 0.25) is 0 Å². The lowest BCUT2D eigenvalue weighted by atomic mass is 9.72. The molecule has 0 aromatic carbocycles. The first kappa shape index (κ1) is 11.1. The summed E-state index contributed by atoms with van der Waals surface area (Å²) < 4.78 is 5.57. The van der Waals surface area contributed by atoms with Crippen LogP contribution in [0.1, 0.15) is 21.1 Å². The number of ether oxygens (including phenoxy) is 1. The lowest BCUT2D eigenvalue weighted by Gasteiger charge is -2.45. The Morgan fingerprint density at radius 1 is 1.71 bits per heavy atom. The topological polar surface area (TPSA) is 77.2 Å². The molecule has 4 atom stereocenters. The zero-order valence-electron chi connectivity index (χ0n) is 9.55. The first-order valence-corrected chi connectivity index (χ1v) is 6.59. The molecule has 1 aliphatic carbocycles. The van der Waals surface area contributed by atoms with Crippen LogP contribution in [-0.2, 0) is 4.74 Å². The van der Waals surface area contributed by atoms with E-state index in [-0.39, 0.29) is 24.1 Å². The van der Waals surface area contributed by atoms with Gasteiger partial charge >= 0.3 is 0 Å². The van der Waals surface area contributed by atoms with E-state index in [4.69, 9.17) is 10.5 Å². The molecule has 3 N–H and O–H groups in total. The highest BCUT2D eigenvalue weighted by molar-refractivity contribution is 7.13. The number of carbonyl (C=O) groups excluding carboxylic acids is 1. The number of nitrogens with two attached hydrogens (primary N) is 1. The largest absolute Gasteiger partial charge is 0.376 e. The van der Waals surface area contributed by atoms with Crippen LogP contribution in [0.4, 0.5) is 0 Å². The molecule has 1 aliphatic heterocycles. The third-order valence-electron chi connectivity index (χ3n) is 3.59. The molecule has 3 rings (SSSR count). The smallest absolute Gasteiger partial charge is 0.263 e. The Hall–Kier alpha value is -0.980. The maximum Gasteiger partial charge on any atom is 0.263 e. The van der Waals surface area contributed by atoms with Crippen molar-refractivity contribution in [3.8, 4) is 0 Å². The summed E-state index contributed by atoms with van der Waals surface area (Å²) in [5.41, 5.74) is 6.03. The van der Waals surface area contributed by atoms with Gasteiger partial charge in [0.25, 0.3) is 5.91 Å². The number of carbonyl (C=O) groups is 1. The lowest BCUT2D eigenvalue weighted by Crippen LogP contribution is -2.68. The van der Waals surface area contributed by atoms with Crippen molar-refractivity contribution in [1.82, 2.24) is 10.3 Å². The number of thiazole rings is 1. The van der Waals surface area contributed by atoms with Crippen LogP contribution in [0.3, 0.4) is 0 Å². The number of hydrogen-bond acceptors (Lipinski definition) is 5. The van der Waals surface area contributed by atoms with Crippen LogP contribution in [0.2, 0.25) is 0 Å². The molecule has 5 nitrogen and oxygen atoms in total. The van der Waals surface area contributed by atoms with Crippen molar-refractivity contribution in [2.75, 3.05) is 6.61 Å². The van der Waals surface area contributed by atoms with Crippen molar-refractivity contribution in [3.63, 3.8) is 0 Å². The van der Waals surface area contributed by atoms with Crippen LogP contribution >= 0.6 is 11.3 Å². The Balaban J connectivity index is 1.66. The van der Waals surface area contributed by atoms with Gasteiger partial charge < -0.3 is 15.8 Å². The average Bonchev–Trinajstić information content (AvgIpc) is 2.92. The number of rotatable bonds is 2. The normalized spacial score (nSPS) is 35.2. The van der Waals surface area contributed by atoms with Crippen molar-refractivity contribution in [2.45, 2.75) is 31.5 Å². The molecule has 2 aliphatic rings. The zero-order valence-corrected chi connectivity index (χ0v) is 10.4. The maximum absolute atomic E-state index is 11.9. The predicted octanol–water partition coefficient (Wildman–Crippen LogP) is 0.296. The summed E-state index contributed by atoms with van der Waals surface area (Å²) in [4.78, 5) is 16.6. The van der Waals surface area contributed by atoms with E-state index < -0.39 is 0 Å². The Kier molecular flexibility index (Phi) is 2.65. The fourth-order valence-electron chi connectivity index (χ4n) is 2.62. The van der Waals surface area contributed by atoms with Gasteiger partial charge in [-0.3, -0.25) is 4.79 Å². The quantitative estimate of drug-likeness (QED) is 0.794. The van der Waals surface area contributed by atoms with E-state index in [1.807, 2.05) is 6.92 Å². The van der Waals surface area contributed by atoms with Crippen LogP contribution in [0.15, 0.2) is 6.20 Å². The van der Waals surface area contributed by atoms with Gasteiger partial charge in [0, 0.05) is 18.6 Å². The minimum Gasteiger partial charge on any atom is -0.376 e. The zero-order chi connectivity index (χ0) is 12.0. The number of fused-ring (bicyclic) bond motifs is 1. The standard InChI is InChI=1S/C11H15N3O2S/c1-5-13-4-7(17-5)11(15)14-9-8(12)6-2-3-16-10(6)9/h4,6,8-10H,2-3,12H2,1H3,(H,14,15). The summed E-state index contributed by atoms with van der Waals surface area (Å²) in [6, 6.07) is -0.0159. The Morgan fingerprint density at radius 2 is 2.53 bits per heavy atom. The second-order valence-electron chi connectivity index (χ2n) is 4.61. The van der Waals surface area contributed by atoms with Gasteiger partial charge in [-0.25, -0.2) is 4.98 Å². The van der Waals surface area contributed by atoms with Crippen molar-refractivity contribution in [1.29, 1.82) is 0 Å². The van der Waals surface area contributed by atoms with Gasteiger partial charge in [-0.15, -0.1) is 11.3 Å². The van der Waals surface area contributed by atoms with Crippen LogP contribution in [0.5, 0.6) is 0 Å². The Labute approximate surface area is 103 Å². The van der Waals surface area contributed by atoms with Gasteiger partial charge in [0.1, 0.15) is 4.88 Å². The molecule has 4 unspecified atom stereocenters. The molecule has 0 spiro atoms. The first-order chi connectivity index (χ1) is 8.16. The van der Waals surface area contributed by atoms with E-state index in [0.717, 1.165) is 18.0 Å². The molecule has 17 heavy (non-hydrogen) atoms. The highest BCUT2D eigenvalue weighted by Gasteiger charge is 2.52. The summed E-state index contributed by atoms with van der Waals surface area (Å²) in [6.07, 6.45) is 2.73. The van der Waals surface area contributed by atoms with Crippen LogP contribution < -0.4 is 11.1 Å². The van der Waals surface area contributed by atoms with Gasteiger partial charge in [-0.05, 0) is 13.3 Å². The number of aromatic nitrogens is 1. The number of amides is 1. The molecule has 1 saturated heterocycles. The monoisotopic (exact) mass is 253 g/mol. The van der Waals surface area contributed by atoms with E-state index in [0.29, 0.717) is 10.8 Å². The average molecular weight is 253 g/mol. The molecule has 0 radical (unpaired) electrons. The molecule has 1 saturated carbocycles. The van der Waals surface area contributed by atoms with E-state index in [9.17, 15) is 4.79 Å². The molecule has 2 heterocycles. The highest BCUT2D eigenvalue weighted by atomic mass is 32.1. The lowest BCUT2D eigenvalue weighted by molar-refractivity contribution is -0.0160. The summed E-state index contributed by atoms with van der Waals surface area (Å²) in [7, 11) is 0. The van der Waals surface area contributed by atoms with Crippen molar-refractivity contribution >= 4 is 17.2 Å². The van der Waals surface area contributed by atoms with E-state index >= 15 is 0 Å². The molecule has 0 bridgehead atoms. The van der Waals surface area contributed by atoms with E-state index in [2.05, 4.69) is 10.3 Å². The van der Waals surface area contributed by atoms with Crippen LogP contribution in [-0.4, -0.2) is 35.7 Å². The van der Waals surface area contributed by atoms with Crippen LogP contribution in [0, 0.1) is 12.8 Å². The van der Waals surface area contributed by atoms with Crippen molar-refractivity contribution in [3.05, 3.63) is 16.1 Å². The first-order valence-electron chi connectivity index (χ1n) is 5.77. The third kappa shape index (κ3) is 1.76. The number of nitrogens with zero attached hydrogens (tertiary/aromatic N) is 1. The number of nitrogens with one attached hydrogen (secondary N) is 1. The predicted molar refractivity (Wildman–Crippen MR) is 63.9 cm³/mol. The molecule has 92 valence electrons. The summed E-state index contributed by atoms with van der Waals surface area (Å²) in [5, 5.41) is 3.84. The molecular weight excluding hydrogens is 238 g/mol. The van der Waals surface area contributed by atoms with E-state index in [1.165, 1.54) is 11.3 Å². The fourth-order valence-corrected chi connectivity index (χ4v) is 3.30. The van der Waals surface area contributed by atoms with Crippen molar-refractivity contribution in [2.24, 2.45) is 11.7 Å². The Morgan fingerprint density at radius 3 is 3.24 bits per heavy atom. The second-order valence-corrected chi connectivity index (χ2v) is 5.84. The van der Waals surface area contributed by atoms with Gasteiger partial charge in [0.15, 0.2) is 0 Å². The summed E-state index contributed by atoms with van der Waals surface area (Å²) in [5.74, 6) is 0.327. The molecule has 1 amide bonds. The summed E-state index contributed by atoms with van der Waals surface area (Å²) in [6.45, 7) is 2.64. The Bertz CT molecular complexity index is 448.